The van der Waals surface area contributed by atoms with E-state index < -0.39 is 17.6 Å². The second-order valence-electron chi connectivity index (χ2n) is 5.99. The average Bonchev–Trinajstić information content (AvgIpc) is 1.96. The van der Waals surface area contributed by atoms with Crippen molar-refractivity contribution in [2.45, 2.75) is 71.8 Å². The lowest BCUT2D eigenvalue weighted by Gasteiger charge is -2.29. The van der Waals surface area contributed by atoms with E-state index in [4.69, 9.17) is 15.2 Å². The summed E-state index contributed by atoms with van der Waals surface area (Å²) >= 11 is 0. The normalized spacial score (nSPS) is 15.8. The molecule has 0 saturated heterocycles. The largest absolute Gasteiger partial charge is 0.459 e. The average molecular weight is 268 g/mol. The number of esters is 1. The highest BCUT2D eigenvalue weighted by atomic mass is 35.5. The van der Waals surface area contributed by atoms with Gasteiger partial charge in [-0.2, -0.15) is 0 Å². The summed E-state index contributed by atoms with van der Waals surface area (Å²) in [6, 6.07) is -0.751. The van der Waals surface area contributed by atoms with Crippen molar-refractivity contribution in [1.29, 1.82) is 0 Å². The van der Waals surface area contributed by atoms with Gasteiger partial charge in [-0.25, -0.2) is 0 Å². The molecular weight excluding hydrogens is 242 g/mol. The molecule has 0 amide bonds. The van der Waals surface area contributed by atoms with Gasteiger partial charge in [-0.3, -0.25) is 4.79 Å². The standard InChI is InChI=1S/C12H25NO3.ClH/c1-8(15-11(2,3)4)9(13)10(14)16-12(5,6)7;/h8-9H,13H2,1-7H3;1H/t8-,9+;/m0./s1. The molecule has 0 aromatic heterocycles. The van der Waals surface area contributed by atoms with E-state index in [0.29, 0.717) is 0 Å². The van der Waals surface area contributed by atoms with Crippen molar-refractivity contribution in [2.75, 3.05) is 0 Å². The fraction of sp³-hybridized carbons (Fsp3) is 0.917. The van der Waals surface area contributed by atoms with Crippen LogP contribution in [-0.2, 0) is 14.3 Å². The predicted octanol–water partition coefficient (Wildman–Crippen LogP) is 2.28. The van der Waals surface area contributed by atoms with Crippen LogP contribution < -0.4 is 5.73 Å². The van der Waals surface area contributed by atoms with Crippen LogP contribution in [0, 0.1) is 0 Å². The molecule has 0 aliphatic rings. The molecule has 4 nitrogen and oxygen atoms in total. The zero-order valence-electron chi connectivity index (χ0n) is 11.9. The third-order valence-electron chi connectivity index (χ3n) is 1.72. The number of halogens is 1. The van der Waals surface area contributed by atoms with E-state index in [0.717, 1.165) is 0 Å². The van der Waals surface area contributed by atoms with Gasteiger partial charge in [-0.1, -0.05) is 0 Å². The van der Waals surface area contributed by atoms with Gasteiger partial charge >= 0.3 is 5.97 Å². The van der Waals surface area contributed by atoms with Gasteiger partial charge in [0, 0.05) is 0 Å². The van der Waals surface area contributed by atoms with E-state index in [9.17, 15) is 4.79 Å². The van der Waals surface area contributed by atoms with Gasteiger partial charge in [-0.15, -0.1) is 12.4 Å². The summed E-state index contributed by atoms with van der Waals surface area (Å²) < 4.78 is 10.8. The van der Waals surface area contributed by atoms with Gasteiger partial charge in [0.1, 0.15) is 11.6 Å². The van der Waals surface area contributed by atoms with Crippen LogP contribution in [0.3, 0.4) is 0 Å². The van der Waals surface area contributed by atoms with Crippen LogP contribution in [-0.4, -0.2) is 29.3 Å². The molecule has 0 saturated carbocycles. The number of rotatable bonds is 3. The van der Waals surface area contributed by atoms with Gasteiger partial charge < -0.3 is 15.2 Å². The highest BCUT2D eigenvalue weighted by molar-refractivity contribution is 5.85. The quantitative estimate of drug-likeness (QED) is 0.797. The van der Waals surface area contributed by atoms with Gasteiger partial charge in [0.25, 0.3) is 0 Å². The van der Waals surface area contributed by atoms with Gasteiger partial charge in [0.15, 0.2) is 0 Å². The monoisotopic (exact) mass is 267 g/mol. The van der Waals surface area contributed by atoms with Crippen molar-refractivity contribution in [3.05, 3.63) is 0 Å². The van der Waals surface area contributed by atoms with Crippen molar-refractivity contribution < 1.29 is 14.3 Å². The van der Waals surface area contributed by atoms with Crippen LogP contribution in [0.5, 0.6) is 0 Å². The molecule has 104 valence electrons. The Morgan fingerprint density at radius 3 is 1.76 bits per heavy atom. The molecule has 0 aliphatic heterocycles. The van der Waals surface area contributed by atoms with E-state index >= 15 is 0 Å². The maximum atomic E-state index is 11.7. The van der Waals surface area contributed by atoms with Gasteiger partial charge in [0.05, 0.1) is 11.7 Å². The number of nitrogens with two attached hydrogens (primary N) is 1. The van der Waals surface area contributed by atoms with E-state index in [1.54, 1.807) is 6.92 Å². The van der Waals surface area contributed by atoms with Crippen molar-refractivity contribution in [3.63, 3.8) is 0 Å². The summed E-state index contributed by atoms with van der Waals surface area (Å²) in [5.74, 6) is -0.427. The minimum atomic E-state index is -0.751. The topological polar surface area (TPSA) is 61.5 Å². The smallest absolute Gasteiger partial charge is 0.326 e. The zero-order chi connectivity index (χ0) is 13.1. The lowest BCUT2D eigenvalue weighted by Crippen LogP contribution is -2.47. The van der Waals surface area contributed by atoms with Gasteiger partial charge in [0.2, 0.25) is 0 Å². The Hall–Kier alpha value is -0.320. The van der Waals surface area contributed by atoms with Crippen LogP contribution in [0.15, 0.2) is 0 Å². The molecule has 0 bridgehead atoms. The summed E-state index contributed by atoms with van der Waals surface area (Å²) in [6.07, 6.45) is -0.366. The number of carbonyl (C=O) groups is 1. The molecule has 0 rings (SSSR count). The summed E-state index contributed by atoms with van der Waals surface area (Å²) in [7, 11) is 0. The van der Waals surface area contributed by atoms with Crippen LogP contribution in [0.4, 0.5) is 0 Å². The molecule has 2 atom stereocenters. The minimum Gasteiger partial charge on any atom is -0.459 e. The Balaban J connectivity index is 0. The van der Waals surface area contributed by atoms with Crippen molar-refractivity contribution in [3.8, 4) is 0 Å². The molecule has 0 aliphatic carbocycles. The number of carbonyl (C=O) groups excluding carboxylic acids is 1. The molecule has 17 heavy (non-hydrogen) atoms. The number of hydrogen-bond donors (Lipinski definition) is 1. The second-order valence-corrected chi connectivity index (χ2v) is 5.99. The minimum absolute atomic E-state index is 0. The third-order valence-corrected chi connectivity index (χ3v) is 1.72. The Morgan fingerprint density at radius 2 is 1.47 bits per heavy atom. The first-order valence-corrected chi connectivity index (χ1v) is 5.58. The summed E-state index contributed by atoms with van der Waals surface area (Å²) in [5, 5.41) is 0. The van der Waals surface area contributed by atoms with Crippen molar-refractivity contribution in [1.82, 2.24) is 0 Å². The maximum Gasteiger partial charge on any atom is 0.326 e. The van der Waals surface area contributed by atoms with E-state index in [1.807, 2.05) is 41.5 Å². The van der Waals surface area contributed by atoms with E-state index in [-0.39, 0.29) is 24.1 Å². The van der Waals surface area contributed by atoms with Gasteiger partial charge in [-0.05, 0) is 48.5 Å². The first-order chi connectivity index (χ1) is 6.92. The fourth-order valence-corrected chi connectivity index (χ4v) is 1.19. The lowest BCUT2D eigenvalue weighted by molar-refractivity contribution is -0.162. The third kappa shape index (κ3) is 9.39. The Kier molecular flexibility index (Phi) is 7.35. The molecule has 0 aromatic carbocycles. The molecule has 0 heterocycles. The fourth-order valence-electron chi connectivity index (χ4n) is 1.19. The SMILES string of the molecule is C[C@H](OC(C)(C)C)[C@@H](N)C(=O)OC(C)(C)C.Cl. The second kappa shape index (κ2) is 6.57. The highest BCUT2D eigenvalue weighted by Gasteiger charge is 2.29. The molecular formula is C12H26ClNO3. The van der Waals surface area contributed by atoms with Crippen LogP contribution in [0.2, 0.25) is 0 Å². The summed E-state index contributed by atoms with van der Waals surface area (Å²) in [5.41, 5.74) is 4.94. The Bertz CT molecular complexity index is 243. The molecule has 0 spiro atoms. The zero-order valence-corrected chi connectivity index (χ0v) is 12.7. The van der Waals surface area contributed by atoms with Crippen molar-refractivity contribution in [2.24, 2.45) is 5.73 Å². The van der Waals surface area contributed by atoms with Crippen LogP contribution >= 0.6 is 12.4 Å². The van der Waals surface area contributed by atoms with Crippen LogP contribution in [0.25, 0.3) is 0 Å². The molecule has 0 aromatic rings. The Labute approximate surface area is 111 Å². The summed E-state index contributed by atoms with van der Waals surface area (Å²) in [4.78, 5) is 11.7. The lowest BCUT2D eigenvalue weighted by atomic mass is 10.1. The van der Waals surface area contributed by atoms with E-state index in [2.05, 4.69) is 0 Å². The molecule has 0 unspecified atom stereocenters. The summed E-state index contributed by atoms with van der Waals surface area (Å²) in [6.45, 7) is 13.0. The predicted molar refractivity (Wildman–Crippen MR) is 71.4 cm³/mol. The number of hydrogen-bond acceptors (Lipinski definition) is 4. The molecule has 0 fully saturated rings. The highest BCUT2D eigenvalue weighted by Crippen LogP contribution is 2.15. The molecule has 0 radical (unpaired) electrons. The van der Waals surface area contributed by atoms with E-state index in [1.165, 1.54) is 0 Å². The first-order valence-electron chi connectivity index (χ1n) is 5.58. The van der Waals surface area contributed by atoms with Crippen molar-refractivity contribution >= 4 is 18.4 Å². The Morgan fingerprint density at radius 1 is 1.06 bits per heavy atom. The number of ether oxygens (including phenoxy) is 2. The van der Waals surface area contributed by atoms with Crippen LogP contribution in [0.1, 0.15) is 48.5 Å². The first kappa shape index (κ1) is 19.0. The maximum absolute atomic E-state index is 11.7. The molecule has 2 N–H and O–H groups in total. The molecule has 5 heteroatoms.